The van der Waals surface area contributed by atoms with Crippen LogP contribution in [0.5, 0.6) is 5.75 Å². The van der Waals surface area contributed by atoms with E-state index in [-0.39, 0.29) is 11.9 Å². The Morgan fingerprint density at radius 1 is 1.36 bits per heavy atom. The summed E-state index contributed by atoms with van der Waals surface area (Å²) in [5.74, 6) is 2.08. The second-order valence-electron chi connectivity index (χ2n) is 5.77. The summed E-state index contributed by atoms with van der Waals surface area (Å²) in [6, 6.07) is 9.69. The lowest BCUT2D eigenvalue weighted by Crippen LogP contribution is -2.39. The molecule has 0 bridgehead atoms. The highest BCUT2D eigenvalue weighted by molar-refractivity contribution is 5.92. The van der Waals surface area contributed by atoms with Gasteiger partial charge in [0, 0.05) is 12.0 Å². The molecular formula is C18H21NO3. The molecule has 0 saturated carbocycles. The Bertz CT molecular complexity index is 689. The number of benzene rings is 1. The van der Waals surface area contributed by atoms with Crippen LogP contribution in [0.1, 0.15) is 41.3 Å². The maximum absolute atomic E-state index is 12.8. The second-order valence-corrected chi connectivity index (χ2v) is 5.77. The first kappa shape index (κ1) is 14.7. The van der Waals surface area contributed by atoms with Gasteiger partial charge >= 0.3 is 0 Å². The topological polar surface area (TPSA) is 42.7 Å². The van der Waals surface area contributed by atoms with Crippen molar-refractivity contribution < 1.29 is 13.9 Å². The Hall–Kier alpha value is -2.23. The summed E-state index contributed by atoms with van der Waals surface area (Å²) in [5, 5.41) is 0. The molecule has 116 valence electrons. The SMILES string of the molecule is CCc1oc(C(=O)N2Cc3ccccc3OCC2C)cc1C. The normalized spacial score (nSPS) is 17.6. The molecule has 0 N–H and O–H groups in total. The van der Waals surface area contributed by atoms with E-state index in [9.17, 15) is 4.79 Å². The molecule has 4 nitrogen and oxygen atoms in total. The summed E-state index contributed by atoms with van der Waals surface area (Å²) in [4.78, 5) is 14.7. The van der Waals surface area contributed by atoms with Crippen molar-refractivity contribution in [1.82, 2.24) is 4.90 Å². The minimum Gasteiger partial charge on any atom is -0.491 e. The Morgan fingerprint density at radius 3 is 2.86 bits per heavy atom. The molecule has 1 aromatic carbocycles. The number of ether oxygens (including phenoxy) is 1. The summed E-state index contributed by atoms with van der Waals surface area (Å²) >= 11 is 0. The van der Waals surface area contributed by atoms with Gasteiger partial charge in [-0.1, -0.05) is 25.1 Å². The van der Waals surface area contributed by atoms with Crippen LogP contribution in [0.3, 0.4) is 0 Å². The first-order chi connectivity index (χ1) is 10.6. The van der Waals surface area contributed by atoms with Gasteiger partial charge in [0.1, 0.15) is 18.1 Å². The van der Waals surface area contributed by atoms with E-state index in [1.165, 1.54) is 0 Å². The molecule has 1 aliphatic heterocycles. The van der Waals surface area contributed by atoms with Gasteiger partial charge < -0.3 is 14.1 Å². The van der Waals surface area contributed by atoms with Gasteiger partial charge in [0.2, 0.25) is 0 Å². The molecule has 0 fully saturated rings. The fraction of sp³-hybridized carbons (Fsp3) is 0.389. The van der Waals surface area contributed by atoms with Gasteiger partial charge in [-0.25, -0.2) is 0 Å². The highest BCUT2D eigenvalue weighted by atomic mass is 16.5. The molecule has 1 atom stereocenters. The van der Waals surface area contributed by atoms with Crippen molar-refractivity contribution >= 4 is 5.91 Å². The van der Waals surface area contributed by atoms with Crippen LogP contribution >= 0.6 is 0 Å². The van der Waals surface area contributed by atoms with E-state index in [1.54, 1.807) is 0 Å². The molecule has 1 aliphatic rings. The number of carbonyl (C=O) groups excluding carboxylic acids is 1. The molecule has 1 amide bonds. The molecule has 4 heteroatoms. The largest absolute Gasteiger partial charge is 0.491 e. The lowest BCUT2D eigenvalue weighted by molar-refractivity contribution is 0.0611. The van der Waals surface area contributed by atoms with E-state index in [0.29, 0.717) is 18.9 Å². The summed E-state index contributed by atoms with van der Waals surface area (Å²) in [6.45, 7) is 7.03. The van der Waals surface area contributed by atoms with E-state index < -0.39 is 0 Å². The van der Waals surface area contributed by atoms with E-state index in [1.807, 2.05) is 56.0 Å². The fourth-order valence-electron chi connectivity index (χ4n) is 2.80. The predicted molar refractivity (Wildman–Crippen MR) is 84.1 cm³/mol. The van der Waals surface area contributed by atoms with Crippen molar-refractivity contribution in [1.29, 1.82) is 0 Å². The lowest BCUT2D eigenvalue weighted by Gasteiger charge is -2.25. The summed E-state index contributed by atoms with van der Waals surface area (Å²) in [6.07, 6.45) is 0.792. The van der Waals surface area contributed by atoms with Crippen LogP contribution < -0.4 is 4.74 Å². The molecule has 1 unspecified atom stereocenters. The van der Waals surface area contributed by atoms with Crippen molar-refractivity contribution in [2.75, 3.05) is 6.61 Å². The minimum absolute atomic E-state index is 0.00428. The smallest absolute Gasteiger partial charge is 0.290 e. The highest BCUT2D eigenvalue weighted by Crippen LogP contribution is 2.26. The number of amides is 1. The van der Waals surface area contributed by atoms with Crippen molar-refractivity contribution in [3.8, 4) is 5.75 Å². The number of furan rings is 1. The fourth-order valence-corrected chi connectivity index (χ4v) is 2.80. The number of nitrogens with zero attached hydrogens (tertiary/aromatic N) is 1. The highest BCUT2D eigenvalue weighted by Gasteiger charge is 2.28. The number of hydrogen-bond donors (Lipinski definition) is 0. The van der Waals surface area contributed by atoms with Crippen molar-refractivity contribution in [2.24, 2.45) is 0 Å². The Kier molecular flexibility index (Phi) is 3.92. The average molecular weight is 299 g/mol. The third kappa shape index (κ3) is 2.61. The molecule has 3 rings (SSSR count). The molecule has 2 aromatic rings. The van der Waals surface area contributed by atoms with Crippen LogP contribution in [0.25, 0.3) is 0 Å². The Labute approximate surface area is 130 Å². The predicted octanol–water partition coefficient (Wildman–Crippen LogP) is 3.57. The molecule has 2 heterocycles. The summed E-state index contributed by atoms with van der Waals surface area (Å²) in [5.41, 5.74) is 2.06. The molecule has 1 aromatic heterocycles. The average Bonchev–Trinajstić information content (AvgIpc) is 2.82. The van der Waals surface area contributed by atoms with E-state index in [0.717, 1.165) is 29.1 Å². The summed E-state index contributed by atoms with van der Waals surface area (Å²) in [7, 11) is 0. The molecule has 0 spiro atoms. The van der Waals surface area contributed by atoms with E-state index in [2.05, 4.69) is 0 Å². The van der Waals surface area contributed by atoms with Gasteiger partial charge in [-0.3, -0.25) is 4.79 Å². The van der Waals surface area contributed by atoms with Gasteiger partial charge in [0.25, 0.3) is 5.91 Å². The van der Waals surface area contributed by atoms with Crippen LogP contribution in [0, 0.1) is 6.92 Å². The van der Waals surface area contributed by atoms with Crippen LogP contribution in [0.4, 0.5) is 0 Å². The lowest BCUT2D eigenvalue weighted by atomic mass is 10.1. The van der Waals surface area contributed by atoms with Gasteiger partial charge in [0.05, 0.1) is 12.6 Å². The van der Waals surface area contributed by atoms with E-state index >= 15 is 0 Å². The molecule has 0 aliphatic carbocycles. The number of fused-ring (bicyclic) bond motifs is 1. The maximum atomic E-state index is 12.8. The minimum atomic E-state index is -0.0735. The van der Waals surface area contributed by atoms with Gasteiger partial charge in [-0.15, -0.1) is 0 Å². The van der Waals surface area contributed by atoms with Crippen molar-refractivity contribution in [2.45, 2.75) is 39.8 Å². The summed E-state index contributed by atoms with van der Waals surface area (Å²) < 4.78 is 11.5. The third-order valence-corrected chi connectivity index (χ3v) is 4.14. The first-order valence-corrected chi connectivity index (χ1v) is 7.71. The number of carbonyl (C=O) groups is 1. The zero-order valence-electron chi connectivity index (χ0n) is 13.3. The van der Waals surface area contributed by atoms with Crippen molar-refractivity contribution in [3.63, 3.8) is 0 Å². The zero-order valence-corrected chi connectivity index (χ0v) is 13.3. The molecule has 0 radical (unpaired) electrons. The van der Waals surface area contributed by atoms with Crippen LogP contribution in [0.15, 0.2) is 34.7 Å². The van der Waals surface area contributed by atoms with E-state index in [4.69, 9.17) is 9.15 Å². The number of para-hydroxylation sites is 1. The quantitative estimate of drug-likeness (QED) is 0.851. The second kappa shape index (κ2) is 5.87. The number of rotatable bonds is 2. The maximum Gasteiger partial charge on any atom is 0.290 e. The molecule has 22 heavy (non-hydrogen) atoms. The van der Waals surface area contributed by atoms with Gasteiger partial charge in [0.15, 0.2) is 5.76 Å². The van der Waals surface area contributed by atoms with Crippen LogP contribution in [0.2, 0.25) is 0 Å². The van der Waals surface area contributed by atoms with Crippen LogP contribution in [-0.4, -0.2) is 23.5 Å². The zero-order chi connectivity index (χ0) is 15.7. The van der Waals surface area contributed by atoms with Gasteiger partial charge in [-0.05, 0) is 31.5 Å². The van der Waals surface area contributed by atoms with Crippen molar-refractivity contribution in [3.05, 3.63) is 53.0 Å². The standard InChI is InChI=1S/C18H21NO3/c1-4-15-12(2)9-17(22-15)18(20)19-10-14-7-5-6-8-16(14)21-11-13(19)3/h5-9,13H,4,10-11H2,1-3H3. The van der Waals surface area contributed by atoms with Gasteiger partial charge in [-0.2, -0.15) is 0 Å². The molecular weight excluding hydrogens is 278 g/mol. The van der Waals surface area contributed by atoms with Crippen LogP contribution in [-0.2, 0) is 13.0 Å². The third-order valence-electron chi connectivity index (χ3n) is 4.14. The Morgan fingerprint density at radius 2 is 2.14 bits per heavy atom. The monoisotopic (exact) mass is 299 g/mol. The Balaban J connectivity index is 1.90. The molecule has 0 saturated heterocycles. The number of aryl methyl sites for hydroxylation is 2. The first-order valence-electron chi connectivity index (χ1n) is 7.71. The number of hydrogen-bond acceptors (Lipinski definition) is 3.